The Morgan fingerprint density at radius 1 is 1.56 bits per heavy atom. The first-order chi connectivity index (χ1) is 8.61. The first-order valence-electron chi connectivity index (χ1n) is 5.41. The maximum absolute atomic E-state index is 11.5. The van der Waals surface area contributed by atoms with Gasteiger partial charge < -0.3 is 9.64 Å². The molecule has 0 bridgehead atoms. The van der Waals surface area contributed by atoms with Crippen molar-refractivity contribution in [1.82, 2.24) is 4.98 Å². The van der Waals surface area contributed by atoms with E-state index in [2.05, 4.69) is 16.4 Å². The van der Waals surface area contributed by atoms with Crippen LogP contribution in [0.5, 0.6) is 0 Å². The maximum atomic E-state index is 11.5. The molecule has 96 valence electrons. The van der Waals surface area contributed by atoms with Gasteiger partial charge in [0.2, 0.25) is 0 Å². The van der Waals surface area contributed by atoms with Gasteiger partial charge in [0.15, 0.2) is 5.13 Å². The second-order valence-corrected chi connectivity index (χ2v) is 5.85. The molecular weight excluding hydrogens is 268 g/mol. The van der Waals surface area contributed by atoms with Gasteiger partial charge in [-0.15, -0.1) is 11.3 Å². The van der Waals surface area contributed by atoms with E-state index >= 15 is 0 Å². The van der Waals surface area contributed by atoms with Crippen LogP contribution in [-0.2, 0) is 11.3 Å². The molecule has 0 amide bonds. The van der Waals surface area contributed by atoms with Crippen LogP contribution in [0.15, 0.2) is 17.5 Å². The smallest absolute Gasteiger partial charge is 0.350 e. The lowest BCUT2D eigenvalue weighted by molar-refractivity contribution is 0.0605. The predicted molar refractivity (Wildman–Crippen MR) is 74.6 cm³/mol. The van der Waals surface area contributed by atoms with Crippen molar-refractivity contribution in [2.75, 3.05) is 19.1 Å². The van der Waals surface area contributed by atoms with Crippen molar-refractivity contribution in [2.45, 2.75) is 13.5 Å². The van der Waals surface area contributed by atoms with E-state index in [1.54, 1.807) is 11.3 Å². The van der Waals surface area contributed by atoms with Gasteiger partial charge in [0.1, 0.15) is 4.88 Å². The van der Waals surface area contributed by atoms with E-state index in [-0.39, 0.29) is 5.97 Å². The van der Waals surface area contributed by atoms with E-state index in [1.165, 1.54) is 23.3 Å². The number of hydrogen-bond donors (Lipinski definition) is 0. The summed E-state index contributed by atoms with van der Waals surface area (Å²) in [6.07, 6.45) is 0. The van der Waals surface area contributed by atoms with Crippen LogP contribution in [0.1, 0.15) is 20.2 Å². The van der Waals surface area contributed by atoms with Crippen molar-refractivity contribution in [2.24, 2.45) is 0 Å². The number of thiophene rings is 1. The number of rotatable bonds is 4. The fourth-order valence-electron chi connectivity index (χ4n) is 1.53. The van der Waals surface area contributed by atoms with Gasteiger partial charge in [0.25, 0.3) is 0 Å². The SMILES string of the molecule is COC(=O)c1sc(N(C)Cc2cccs2)nc1C. The van der Waals surface area contributed by atoms with Crippen LogP contribution in [0.3, 0.4) is 0 Å². The number of aromatic nitrogens is 1. The third kappa shape index (κ3) is 2.70. The summed E-state index contributed by atoms with van der Waals surface area (Å²) >= 11 is 3.08. The Kier molecular flexibility index (Phi) is 3.98. The molecule has 0 aliphatic heterocycles. The quantitative estimate of drug-likeness (QED) is 0.809. The summed E-state index contributed by atoms with van der Waals surface area (Å²) in [5, 5.41) is 2.89. The number of aryl methyl sites for hydroxylation is 1. The first kappa shape index (κ1) is 13.0. The molecule has 0 aliphatic rings. The molecule has 0 aromatic carbocycles. The van der Waals surface area contributed by atoms with Crippen molar-refractivity contribution in [1.29, 1.82) is 0 Å². The van der Waals surface area contributed by atoms with Crippen LogP contribution in [-0.4, -0.2) is 25.1 Å². The molecule has 0 fully saturated rings. The minimum atomic E-state index is -0.319. The lowest BCUT2D eigenvalue weighted by atomic mass is 10.4. The van der Waals surface area contributed by atoms with E-state index < -0.39 is 0 Å². The molecule has 0 spiro atoms. The summed E-state index contributed by atoms with van der Waals surface area (Å²) in [7, 11) is 3.36. The Bertz CT molecular complexity index is 534. The molecule has 4 nitrogen and oxygen atoms in total. The Morgan fingerprint density at radius 3 is 2.94 bits per heavy atom. The number of hydrogen-bond acceptors (Lipinski definition) is 6. The average Bonchev–Trinajstić information content (AvgIpc) is 2.97. The molecule has 2 rings (SSSR count). The zero-order valence-corrected chi connectivity index (χ0v) is 12.1. The third-order valence-corrected chi connectivity index (χ3v) is 4.57. The number of esters is 1. The zero-order valence-electron chi connectivity index (χ0n) is 10.5. The number of carbonyl (C=O) groups is 1. The van der Waals surface area contributed by atoms with Gasteiger partial charge in [-0.1, -0.05) is 17.4 Å². The third-order valence-electron chi connectivity index (χ3n) is 2.46. The molecule has 2 aromatic heterocycles. The number of ether oxygens (including phenoxy) is 1. The number of anilines is 1. The fourth-order valence-corrected chi connectivity index (χ4v) is 3.23. The summed E-state index contributed by atoms with van der Waals surface area (Å²) in [6, 6.07) is 4.11. The number of nitrogens with zero attached hydrogens (tertiary/aromatic N) is 2. The van der Waals surface area contributed by atoms with Gasteiger partial charge in [-0.25, -0.2) is 9.78 Å². The van der Waals surface area contributed by atoms with E-state index in [9.17, 15) is 4.79 Å². The van der Waals surface area contributed by atoms with Gasteiger partial charge in [-0.2, -0.15) is 0 Å². The molecule has 0 atom stereocenters. The van der Waals surface area contributed by atoms with E-state index in [1.807, 2.05) is 24.9 Å². The molecule has 0 aliphatic carbocycles. The highest BCUT2D eigenvalue weighted by Crippen LogP contribution is 2.27. The highest BCUT2D eigenvalue weighted by Gasteiger charge is 2.17. The minimum absolute atomic E-state index is 0.319. The number of methoxy groups -OCH3 is 1. The van der Waals surface area contributed by atoms with Crippen LogP contribution in [0, 0.1) is 6.92 Å². The van der Waals surface area contributed by atoms with Gasteiger partial charge in [0.05, 0.1) is 19.3 Å². The Hall–Kier alpha value is -1.40. The van der Waals surface area contributed by atoms with E-state index in [4.69, 9.17) is 4.74 Å². The Labute approximate surface area is 114 Å². The molecule has 2 aromatic rings. The minimum Gasteiger partial charge on any atom is -0.465 e. The molecule has 2 heterocycles. The van der Waals surface area contributed by atoms with Gasteiger partial charge >= 0.3 is 5.97 Å². The largest absolute Gasteiger partial charge is 0.465 e. The monoisotopic (exact) mass is 282 g/mol. The Morgan fingerprint density at radius 2 is 2.33 bits per heavy atom. The second-order valence-electron chi connectivity index (χ2n) is 3.84. The maximum Gasteiger partial charge on any atom is 0.350 e. The van der Waals surface area contributed by atoms with Gasteiger partial charge in [-0.05, 0) is 18.4 Å². The molecule has 0 radical (unpaired) electrons. The van der Waals surface area contributed by atoms with Crippen molar-refractivity contribution >= 4 is 33.8 Å². The van der Waals surface area contributed by atoms with Crippen LogP contribution in [0.4, 0.5) is 5.13 Å². The highest BCUT2D eigenvalue weighted by molar-refractivity contribution is 7.17. The molecule has 6 heteroatoms. The van der Waals surface area contributed by atoms with Crippen molar-refractivity contribution in [3.05, 3.63) is 33.0 Å². The van der Waals surface area contributed by atoms with Crippen molar-refractivity contribution in [3.63, 3.8) is 0 Å². The molecule has 0 saturated heterocycles. The van der Waals surface area contributed by atoms with Crippen molar-refractivity contribution < 1.29 is 9.53 Å². The fraction of sp³-hybridized carbons (Fsp3) is 0.333. The van der Waals surface area contributed by atoms with Crippen LogP contribution >= 0.6 is 22.7 Å². The first-order valence-corrected chi connectivity index (χ1v) is 7.10. The zero-order chi connectivity index (χ0) is 13.1. The topological polar surface area (TPSA) is 42.4 Å². The highest BCUT2D eigenvalue weighted by atomic mass is 32.1. The molecular formula is C12H14N2O2S2. The molecule has 0 saturated carbocycles. The summed E-state index contributed by atoms with van der Waals surface area (Å²) < 4.78 is 4.73. The number of carbonyl (C=O) groups excluding carboxylic acids is 1. The molecule has 0 N–H and O–H groups in total. The standard InChI is InChI=1S/C12H14N2O2S2/c1-8-10(11(15)16-3)18-12(13-8)14(2)7-9-5-4-6-17-9/h4-6H,7H2,1-3H3. The van der Waals surface area contributed by atoms with Gasteiger partial charge in [-0.3, -0.25) is 0 Å². The van der Waals surface area contributed by atoms with E-state index in [0.29, 0.717) is 4.88 Å². The van der Waals surface area contributed by atoms with Crippen LogP contribution < -0.4 is 4.90 Å². The van der Waals surface area contributed by atoms with Crippen LogP contribution in [0.25, 0.3) is 0 Å². The molecule has 0 unspecified atom stereocenters. The average molecular weight is 282 g/mol. The Balaban J connectivity index is 2.16. The predicted octanol–water partition coefficient (Wildman–Crippen LogP) is 2.94. The van der Waals surface area contributed by atoms with Crippen LogP contribution in [0.2, 0.25) is 0 Å². The van der Waals surface area contributed by atoms with E-state index in [0.717, 1.165) is 17.4 Å². The van der Waals surface area contributed by atoms with Crippen molar-refractivity contribution in [3.8, 4) is 0 Å². The summed E-state index contributed by atoms with van der Waals surface area (Å²) in [6.45, 7) is 2.62. The second kappa shape index (κ2) is 5.49. The normalized spacial score (nSPS) is 10.4. The van der Waals surface area contributed by atoms with Gasteiger partial charge in [0, 0.05) is 11.9 Å². The summed E-state index contributed by atoms with van der Waals surface area (Å²) in [4.78, 5) is 19.8. The molecule has 18 heavy (non-hydrogen) atoms. The lowest BCUT2D eigenvalue weighted by Gasteiger charge is -2.13. The lowest BCUT2D eigenvalue weighted by Crippen LogP contribution is -2.15. The summed E-state index contributed by atoms with van der Waals surface area (Å²) in [5.41, 5.74) is 0.722. The summed E-state index contributed by atoms with van der Waals surface area (Å²) in [5.74, 6) is -0.319. The number of thiazole rings is 1.